The Kier molecular flexibility index (Phi) is 5.26. The van der Waals surface area contributed by atoms with Crippen molar-refractivity contribution in [1.82, 2.24) is 9.66 Å². The van der Waals surface area contributed by atoms with Crippen molar-refractivity contribution in [2.24, 2.45) is 10.1 Å². The minimum Gasteiger partial charge on any atom is -0.372 e. The normalized spacial score (nSPS) is 14.6. The predicted molar refractivity (Wildman–Crippen MR) is 112 cm³/mol. The van der Waals surface area contributed by atoms with Gasteiger partial charge in [-0.3, -0.25) is 4.79 Å². The van der Waals surface area contributed by atoms with Gasteiger partial charge in [-0.1, -0.05) is 13.8 Å². The standard InChI is InChI=1S/C21H27N5O/c1-7-25(8-2)17-11-9-16(10-12-17)23-19-15(6)24-26-20(19)22-14(5)18(13(3)4)21(26)27/h9-13H,7-8H2,1-6H3. The summed E-state index contributed by atoms with van der Waals surface area (Å²) in [7, 11) is 0. The van der Waals surface area contributed by atoms with E-state index < -0.39 is 0 Å². The molecule has 1 aromatic carbocycles. The molecule has 1 aliphatic heterocycles. The molecule has 0 bridgehead atoms. The molecule has 6 heteroatoms. The van der Waals surface area contributed by atoms with Crippen LogP contribution in [0.15, 0.2) is 39.2 Å². The van der Waals surface area contributed by atoms with Gasteiger partial charge in [-0.25, -0.2) is 9.98 Å². The highest BCUT2D eigenvalue weighted by Crippen LogP contribution is 2.22. The van der Waals surface area contributed by atoms with Gasteiger partial charge in [0.25, 0.3) is 5.56 Å². The number of rotatable bonds is 5. The van der Waals surface area contributed by atoms with Crippen molar-refractivity contribution in [2.75, 3.05) is 18.0 Å². The minimum atomic E-state index is -0.103. The van der Waals surface area contributed by atoms with Crippen LogP contribution in [0.2, 0.25) is 0 Å². The highest BCUT2D eigenvalue weighted by molar-refractivity contribution is 6.48. The van der Waals surface area contributed by atoms with Crippen LogP contribution in [0.3, 0.4) is 0 Å². The maximum absolute atomic E-state index is 12.8. The molecule has 0 fully saturated rings. The lowest BCUT2D eigenvalue weighted by Gasteiger charge is -2.20. The monoisotopic (exact) mass is 365 g/mol. The molecule has 0 radical (unpaired) electrons. The van der Waals surface area contributed by atoms with Crippen molar-refractivity contribution in [3.8, 4) is 0 Å². The summed E-state index contributed by atoms with van der Waals surface area (Å²) in [6, 6.07) is 8.12. The molecule has 1 aliphatic rings. The number of aliphatic imine (C=N–C) groups is 1. The lowest BCUT2D eigenvalue weighted by atomic mass is 10.0. The molecule has 0 spiro atoms. The molecule has 0 saturated heterocycles. The van der Waals surface area contributed by atoms with Crippen molar-refractivity contribution in [2.45, 2.75) is 47.5 Å². The zero-order valence-corrected chi connectivity index (χ0v) is 16.9. The molecule has 2 aromatic rings. The highest BCUT2D eigenvalue weighted by atomic mass is 16.1. The number of benzene rings is 1. The summed E-state index contributed by atoms with van der Waals surface area (Å²) in [6.45, 7) is 14.0. The molecule has 2 heterocycles. The number of aryl methyl sites for hydroxylation is 1. The summed E-state index contributed by atoms with van der Waals surface area (Å²) in [6.07, 6.45) is 0. The van der Waals surface area contributed by atoms with Crippen molar-refractivity contribution < 1.29 is 0 Å². The number of hydrogen-bond donors (Lipinski definition) is 0. The van der Waals surface area contributed by atoms with E-state index in [2.05, 4.69) is 41.0 Å². The highest BCUT2D eigenvalue weighted by Gasteiger charge is 2.26. The molecule has 6 nitrogen and oxygen atoms in total. The molecule has 27 heavy (non-hydrogen) atoms. The first-order chi connectivity index (χ1) is 12.9. The average molecular weight is 365 g/mol. The number of anilines is 1. The van der Waals surface area contributed by atoms with Crippen LogP contribution in [0.1, 0.15) is 57.6 Å². The predicted octanol–water partition coefficient (Wildman–Crippen LogP) is 3.88. The van der Waals surface area contributed by atoms with Crippen LogP contribution >= 0.6 is 0 Å². The van der Waals surface area contributed by atoms with Gasteiger partial charge in [0.15, 0.2) is 5.82 Å². The fraction of sp³-hybridized carbons (Fsp3) is 0.429. The Morgan fingerprint density at radius 3 is 2.30 bits per heavy atom. The Morgan fingerprint density at radius 2 is 1.74 bits per heavy atom. The van der Waals surface area contributed by atoms with Crippen molar-refractivity contribution >= 4 is 22.8 Å². The number of nitrogens with zero attached hydrogens (tertiary/aromatic N) is 5. The summed E-state index contributed by atoms with van der Waals surface area (Å²) in [5.41, 5.74) is 4.70. The van der Waals surface area contributed by atoms with Crippen LogP contribution in [-0.4, -0.2) is 34.2 Å². The summed E-state index contributed by atoms with van der Waals surface area (Å²) in [5, 5.41) is 4.40. The van der Waals surface area contributed by atoms with E-state index in [1.165, 1.54) is 10.4 Å². The minimum absolute atomic E-state index is 0.103. The van der Waals surface area contributed by atoms with Gasteiger partial charge in [0, 0.05) is 30.0 Å². The maximum atomic E-state index is 12.8. The van der Waals surface area contributed by atoms with Crippen LogP contribution in [0.4, 0.5) is 11.4 Å². The number of hydrogen-bond acceptors (Lipinski definition) is 5. The van der Waals surface area contributed by atoms with E-state index in [-0.39, 0.29) is 11.5 Å². The molecule has 0 atom stereocenters. The lowest BCUT2D eigenvalue weighted by molar-refractivity contribution is 0.728. The van der Waals surface area contributed by atoms with Crippen LogP contribution in [0.5, 0.6) is 0 Å². The van der Waals surface area contributed by atoms with Crippen molar-refractivity contribution in [1.29, 1.82) is 0 Å². The molecule has 0 saturated carbocycles. The molecule has 142 valence electrons. The quantitative estimate of drug-likeness (QED) is 0.808. The molecular formula is C21H27N5O. The van der Waals surface area contributed by atoms with E-state index in [9.17, 15) is 4.79 Å². The van der Waals surface area contributed by atoms with Gasteiger partial charge in [0.05, 0.1) is 11.4 Å². The molecule has 1 aromatic heterocycles. The second-order valence-electron chi connectivity index (χ2n) is 7.04. The van der Waals surface area contributed by atoms with Crippen LogP contribution < -0.4 is 10.5 Å². The van der Waals surface area contributed by atoms with Crippen molar-refractivity contribution in [3.05, 3.63) is 51.7 Å². The third kappa shape index (κ3) is 3.44. The Morgan fingerprint density at radius 1 is 1.11 bits per heavy atom. The Hall–Kier alpha value is -2.76. The Bertz CT molecular complexity index is 963. The maximum Gasteiger partial charge on any atom is 0.278 e. The molecule has 3 rings (SSSR count). The van der Waals surface area contributed by atoms with E-state index in [0.29, 0.717) is 22.8 Å². The molecular weight excluding hydrogens is 338 g/mol. The average Bonchev–Trinajstić information content (AvgIpc) is 2.93. The van der Waals surface area contributed by atoms with Crippen molar-refractivity contribution in [3.63, 3.8) is 0 Å². The smallest absolute Gasteiger partial charge is 0.278 e. The largest absolute Gasteiger partial charge is 0.372 e. The van der Waals surface area contributed by atoms with Gasteiger partial charge >= 0.3 is 0 Å². The molecule has 0 amide bonds. The molecule has 0 N–H and O–H groups in total. The van der Waals surface area contributed by atoms with Gasteiger partial charge < -0.3 is 4.90 Å². The summed E-state index contributed by atoms with van der Waals surface area (Å²) in [4.78, 5) is 24.5. The first-order valence-corrected chi connectivity index (χ1v) is 9.50. The van der Waals surface area contributed by atoms with E-state index >= 15 is 0 Å². The second kappa shape index (κ2) is 7.47. The van der Waals surface area contributed by atoms with Crippen LogP contribution in [-0.2, 0) is 0 Å². The lowest BCUT2D eigenvalue weighted by Crippen LogP contribution is -2.27. The fourth-order valence-electron chi connectivity index (χ4n) is 3.49. The Labute approximate surface area is 160 Å². The van der Waals surface area contributed by atoms with Crippen LogP contribution in [0.25, 0.3) is 0 Å². The summed E-state index contributed by atoms with van der Waals surface area (Å²) in [5.74, 6) is 0.624. The topological polar surface area (TPSA) is 62.9 Å². The third-order valence-electron chi connectivity index (χ3n) is 4.89. The zero-order chi connectivity index (χ0) is 19.7. The van der Waals surface area contributed by atoms with Gasteiger partial charge in [0.2, 0.25) is 0 Å². The first kappa shape index (κ1) is 19.0. The van der Waals surface area contributed by atoms with Crippen LogP contribution in [0, 0.1) is 6.92 Å². The SMILES string of the molecule is CCN(CC)c1ccc(N=C2C(C)=Nn3c2nc(C)c(C(C)C)c3=O)cc1. The number of fused-ring (bicyclic) bond motifs is 1. The second-order valence-corrected chi connectivity index (χ2v) is 7.04. The Balaban J connectivity index is 2.03. The van der Waals surface area contributed by atoms with Gasteiger partial charge in [-0.15, -0.1) is 0 Å². The summed E-state index contributed by atoms with van der Waals surface area (Å²) < 4.78 is 1.39. The molecule has 0 unspecified atom stereocenters. The van der Waals surface area contributed by atoms with E-state index in [1.807, 2.05) is 39.8 Å². The van der Waals surface area contributed by atoms with Gasteiger partial charge in [-0.05, 0) is 57.9 Å². The fourth-order valence-corrected chi connectivity index (χ4v) is 3.49. The molecule has 0 aliphatic carbocycles. The zero-order valence-electron chi connectivity index (χ0n) is 16.9. The summed E-state index contributed by atoms with van der Waals surface area (Å²) >= 11 is 0. The first-order valence-electron chi connectivity index (χ1n) is 9.50. The van der Waals surface area contributed by atoms with Gasteiger partial charge in [-0.2, -0.15) is 9.78 Å². The van der Waals surface area contributed by atoms with Gasteiger partial charge in [0.1, 0.15) is 5.71 Å². The third-order valence-corrected chi connectivity index (χ3v) is 4.89. The van der Waals surface area contributed by atoms with E-state index in [4.69, 9.17) is 4.99 Å². The number of aromatic nitrogens is 2. The van der Waals surface area contributed by atoms with E-state index in [0.717, 1.165) is 24.5 Å². The van der Waals surface area contributed by atoms with E-state index in [1.54, 1.807) is 0 Å².